The summed E-state index contributed by atoms with van der Waals surface area (Å²) >= 11 is 0. The molecule has 4 rings (SSSR count). The molecule has 0 bridgehead atoms. The van der Waals surface area contributed by atoms with Crippen LogP contribution in [-0.4, -0.2) is 49.7 Å². The zero-order valence-corrected chi connectivity index (χ0v) is 17.4. The molecule has 30 heavy (non-hydrogen) atoms. The Morgan fingerprint density at radius 3 is 2.70 bits per heavy atom. The topological polar surface area (TPSA) is 94.8 Å². The third-order valence-corrected chi connectivity index (χ3v) is 6.77. The second kappa shape index (κ2) is 8.95. The Hall–Kier alpha value is -2.75. The Balaban J connectivity index is 1.27. The van der Waals surface area contributed by atoms with Crippen molar-refractivity contribution in [3.05, 3.63) is 71.9 Å². The van der Waals surface area contributed by atoms with Gasteiger partial charge in [-0.3, -0.25) is 0 Å². The molecule has 3 aromatic rings. The molecule has 8 nitrogen and oxygen atoms in total. The molecule has 0 saturated carbocycles. The Morgan fingerprint density at radius 2 is 1.93 bits per heavy atom. The summed E-state index contributed by atoms with van der Waals surface area (Å²) in [6.45, 7) is 1.64. The molecule has 9 heteroatoms. The van der Waals surface area contributed by atoms with E-state index in [9.17, 15) is 8.42 Å². The quantitative estimate of drug-likeness (QED) is 0.483. The first-order valence-corrected chi connectivity index (χ1v) is 11.1. The highest BCUT2D eigenvalue weighted by molar-refractivity contribution is 7.89. The molecule has 0 spiro atoms. The fraction of sp³-hybridized carbons (Fsp3) is 0.333. The second-order valence-corrected chi connectivity index (χ2v) is 8.97. The SMILES string of the molecule is COc1cccc(S(=O)(=O)N2CC(c3nc(CCOCc4ccccc4)no3)C2)c1. The van der Waals surface area contributed by atoms with Gasteiger partial charge in [0.15, 0.2) is 5.82 Å². The minimum absolute atomic E-state index is 0.100. The molecule has 158 valence electrons. The maximum Gasteiger partial charge on any atom is 0.243 e. The Kier molecular flexibility index (Phi) is 6.12. The van der Waals surface area contributed by atoms with E-state index in [0.717, 1.165) is 5.56 Å². The number of sulfonamides is 1. The Morgan fingerprint density at radius 1 is 1.13 bits per heavy atom. The fourth-order valence-corrected chi connectivity index (χ4v) is 4.73. The molecule has 1 aromatic heterocycles. The van der Waals surface area contributed by atoms with Gasteiger partial charge >= 0.3 is 0 Å². The molecule has 1 aliphatic rings. The van der Waals surface area contributed by atoms with Crippen molar-refractivity contribution < 1.29 is 22.4 Å². The number of methoxy groups -OCH3 is 1. The van der Waals surface area contributed by atoms with Crippen LogP contribution in [0.15, 0.2) is 64.0 Å². The summed E-state index contributed by atoms with van der Waals surface area (Å²) in [7, 11) is -2.06. The molecule has 0 unspecified atom stereocenters. The van der Waals surface area contributed by atoms with Crippen LogP contribution in [0.25, 0.3) is 0 Å². The predicted octanol–water partition coefficient (Wildman–Crippen LogP) is 2.63. The average molecular weight is 429 g/mol. The summed E-state index contributed by atoms with van der Waals surface area (Å²) < 4.78 is 43.0. The average Bonchev–Trinajstić information content (AvgIpc) is 3.19. The summed E-state index contributed by atoms with van der Waals surface area (Å²) in [5.41, 5.74) is 1.11. The Bertz CT molecular complexity index is 1080. The molecule has 2 heterocycles. The summed E-state index contributed by atoms with van der Waals surface area (Å²) in [6, 6.07) is 16.4. The van der Waals surface area contributed by atoms with E-state index in [-0.39, 0.29) is 10.8 Å². The number of benzene rings is 2. The standard InChI is InChI=1S/C21H23N3O5S/c1-27-18-8-5-9-19(12-18)30(25,26)24-13-17(14-24)21-22-20(23-29-21)10-11-28-15-16-6-3-2-4-7-16/h2-9,12,17H,10-11,13-15H2,1H3. The molecule has 0 amide bonds. The molecule has 0 radical (unpaired) electrons. The molecule has 0 aliphatic carbocycles. The van der Waals surface area contributed by atoms with Gasteiger partial charge in [-0.15, -0.1) is 0 Å². The maximum absolute atomic E-state index is 12.7. The lowest BCUT2D eigenvalue weighted by atomic mass is 10.0. The zero-order chi connectivity index (χ0) is 21.0. The van der Waals surface area contributed by atoms with E-state index in [2.05, 4.69) is 10.1 Å². The molecule has 1 saturated heterocycles. The monoisotopic (exact) mass is 429 g/mol. The van der Waals surface area contributed by atoms with E-state index in [4.69, 9.17) is 14.0 Å². The lowest BCUT2D eigenvalue weighted by Gasteiger charge is -2.35. The van der Waals surface area contributed by atoms with Crippen molar-refractivity contribution in [2.45, 2.75) is 23.8 Å². The van der Waals surface area contributed by atoms with Gasteiger partial charge in [0.1, 0.15) is 5.75 Å². The number of aromatic nitrogens is 2. The largest absolute Gasteiger partial charge is 0.497 e. The first kappa shape index (κ1) is 20.5. The van der Waals surface area contributed by atoms with E-state index in [1.165, 1.54) is 17.5 Å². The number of hydrogen-bond acceptors (Lipinski definition) is 7. The van der Waals surface area contributed by atoms with E-state index in [1.807, 2.05) is 30.3 Å². The molecule has 1 aliphatic heterocycles. The summed E-state index contributed by atoms with van der Waals surface area (Å²) in [5.74, 6) is 1.43. The van der Waals surface area contributed by atoms with E-state index in [1.54, 1.807) is 18.2 Å². The molecular weight excluding hydrogens is 406 g/mol. The van der Waals surface area contributed by atoms with Gasteiger partial charge in [0.2, 0.25) is 15.9 Å². The number of hydrogen-bond donors (Lipinski definition) is 0. The van der Waals surface area contributed by atoms with Gasteiger partial charge in [0, 0.05) is 25.6 Å². The zero-order valence-electron chi connectivity index (χ0n) is 16.6. The lowest BCUT2D eigenvalue weighted by Crippen LogP contribution is -2.48. The van der Waals surface area contributed by atoms with Gasteiger partial charge in [0.25, 0.3) is 0 Å². The second-order valence-electron chi connectivity index (χ2n) is 7.03. The van der Waals surface area contributed by atoms with Crippen LogP contribution in [0.4, 0.5) is 0 Å². The Labute approximate surface area is 175 Å². The first-order chi connectivity index (χ1) is 14.6. The molecule has 0 atom stereocenters. The maximum atomic E-state index is 12.7. The van der Waals surface area contributed by atoms with Crippen LogP contribution < -0.4 is 4.74 Å². The minimum atomic E-state index is -3.57. The predicted molar refractivity (Wildman–Crippen MR) is 109 cm³/mol. The molecule has 2 aromatic carbocycles. The van der Waals surface area contributed by atoms with Crippen LogP contribution >= 0.6 is 0 Å². The summed E-state index contributed by atoms with van der Waals surface area (Å²) in [4.78, 5) is 4.60. The number of ether oxygens (including phenoxy) is 2. The van der Waals surface area contributed by atoms with Crippen LogP contribution in [0.5, 0.6) is 5.75 Å². The van der Waals surface area contributed by atoms with E-state index >= 15 is 0 Å². The highest BCUT2D eigenvalue weighted by atomic mass is 32.2. The van der Waals surface area contributed by atoms with Gasteiger partial charge in [0.05, 0.1) is 31.1 Å². The third-order valence-electron chi connectivity index (χ3n) is 4.94. The number of nitrogens with zero attached hydrogens (tertiary/aromatic N) is 3. The fourth-order valence-electron chi connectivity index (χ4n) is 3.16. The van der Waals surface area contributed by atoms with Crippen LogP contribution in [-0.2, 0) is 27.8 Å². The van der Waals surface area contributed by atoms with Crippen LogP contribution in [0.2, 0.25) is 0 Å². The van der Waals surface area contributed by atoms with Crippen LogP contribution in [0, 0.1) is 0 Å². The van der Waals surface area contributed by atoms with Crippen LogP contribution in [0.3, 0.4) is 0 Å². The normalized spacial score (nSPS) is 15.1. The summed E-state index contributed by atoms with van der Waals surface area (Å²) in [5, 5.41) is 3.98. The van der Waals surface area contributed by atoms with Gasteiger partial charge in [-0.2, -0.15) is 9.29 Å². The third kappa shape index (κ3) is 4.53. The van der Waals surface area contributed by atoms with Crippen LogP contribution in [0.1, 0.15) is 23.2 Å². The van der Waals surface area contributed by atoms with Crippen molar-refractivity contribution in [2.75, 3.05) is 26.8 Å². The molecule has 1 fully saturated rings. The molecule has 0 N–H and O–H groups in total. The van der Waals surface area contributed by atoms with Crippen molar-refractivity contribution in [1.29, 1.82) is 0 Å². The lowest BCUT2D eigenvalue weighted by molar-refractivity contribution is 0.122. The van der Waals surface area contributed by atoms with Crippen molar-refractivity contribution in [2.24, 2.45) is 0 Å². The van der Waals surface area contributed by atoms with E-state index in [0.29, 0.717) is 50.2 Å². The first-order valence-electron chi connectivity index (χ1n) is 9.64. The molecular formula is C21H23N3O5S. The van der Waals surface area contributed by atoms with Gasteiger partial charge < -0.3 is 14.0 Å². The van der Waals surface area contributed by atoms with Crippen molar-refractivity contribution in [3.8, 4) is 5.75 Å². The summed E-state index contributed by atoms with van der Waals surface area (Å²) in [6.07, 6.45) is 0.537. The minimum Gasteiger partial charge on any atom is -0.497 e. The smallest absolute Gasteiger partial charge is 0.243 e. The van der Waals surface area contributed by atoms with Gasteiger partial charge in [-0.25, -0.2) is 8.42 Å². The van der Waals surface area contributed by atoms with Crippen molar-refractivity contribution in [1.82, 2.24) is 14.4 Å². The van der Waals surface area contributed by atoms with E-state index < -0.39 is 10.0 Å². The van der Waals surface area contributed by atoms with Crippen molar-refractivity contribution >= 4 is 10.0 Å². The van der Waals surface area contributed by atoms with Gasteiger partial charge in [-0.1, -0.05) is 41.6 Å². The van der Waals surface area contributed by atoms with Crippen molar-refractivity contribution in [3.63, 3.8) is 0 Å². The highest BCUT2D eigenvalue weighted by Gasteiger charge is 2.40. The highest BCUT2D eigenvalue weighted by Crippen LogP contribution is 2.32. The number of rotatable bonds is 9. The van der Waals surface area contributed by atoms with Gasteiger partial charge in [-0.05, 0) is 17.7 Å².